The number of nitro groups is 1. The Hall–Kier alpha value is -2.11. The number of hydrogen-bond acceptors (Lipinski definition) is 4. The first kappa shape index (κ1) is 15.3. The Kier molecular flexibility index (Phi) is 4.45. The van der Waals surface area contributed by atoms with Gasteiger partial charge in [-0.05, 0) is 37.3 Å². The molecular weight excluding hydrogens is 317 g/mol. The summed E-state index contributed by atoms with van der Waals surface area (Å²) in [6.07, 6.45) is 0. The lowest BCUT2D eigenvalue weighted by atomic mass is 10.1. The lowest BCUT2D eigenvalue weighted by Gasteiger charge is -2.09. The van der Waals surface area contributed by atoms with Gasteiger partial charge in [-0.1, -0.05) is 23.2 Å². The topological polar surface area (TPSA) is 69.4 Å². The van der Waals surface area contributed by atoms with E-state index in [0.29, 0.717) is 10.6 Å². The number of hydrogen-bond donors (Lipinski definition) is 0. The predicted molar refractivity (Wildman–Crippen MR) is 79.6 cm³/mol. The van der Waals surface area contributed by atoms with Gasteiger partial charge in [-0.25, -0.2) is 0 Å². The molecule has 2 aromatic carbocycles. The second kappa shape index (κ2) is 6.11. The molecule has 2 rings (SSSR count). The van der Waals surface area contributed by atoms with Crippen LogP contribution in [0.2, 0.25) is 10.0 Å². The van der Waals surface area contributed by atoms with Gasteiger partial charge >= 0.3 is 5.69 Å². The van der Waals surface area contributed by atoms with Crippen LogP contribution in [0.3, 0.4) is 0 Å². The third kappa shape index (κ3) is 3.51. The molecule has 7 heteroatoms. The highest BCUT2D eigenvalue weighted by Crippen LogP contribution is 2.36. The first-order valence-corrected chi connectivity index (χ1v) is 6.56. The van der Waals surface area contributed by atoms with Crippen molar-refractivity contribution in [2.45, 2.75) is 6.92 Å². The standard InChI is InChI=1S/C14H9Cl2NO4/c1-8(18)9-2-4-12(17(19)20)14(6-9)21-13-5-3-10(15)7-11(13)16/h2-7H,1H3. The molecule has 108 valence electrons. The molecule has 0 N–H and O–H groups in total. The molecule has 5 nitrogen and oxygen atoms in total. The molecule has 21 heavy (non-hydrogen) atoms. The van der Waals surface area contributed by atoms with Gasteiger partial charge in [0.05, 0.1) is 9.95 Å². The third-order valence-corrected chi connectivity index (χ3v) is 3.21. The molecule has 0 bridgehead atoms. The van der Waals surface area contributed by atoms with E-state index in [0.717, 1.165) is 0 Å². The number of halogens is 2. The summed E-state index contributed by atoms with van der Waals surface area (Å²) >= 11 is 11.7. The SMILES string of the molecule is CC(=O)c1ccc([N+](=O)[O-])c(Oc2ccc(Cl)cc2Cl)c1. The predicted octanol–water partition coefficient (Wildman–Crippen LogP) is 4.90. The Morgan fingerprint density at radius 3 is 2.43 bits per heavy atom. The van der Waals surface area contributed by atoms with Crippen molar-refractivity contribution in [1.82, 2.24) is 0 Å². The van der Waals surface area contributed by atoms with E-state index in [1.807, 2.05) is 0 Å². The van der Waals surface area contributed by atoms with Crippen LogP contribution in [0.15, 0.2) is 36.4 Å². The van der Waals surface area contributed by atoms with Crippen molar-refractivity contribution in [3.05, 3.63) is 62.1 Å². The van der Waals surface area contributed by atoms with Crippen LogP contribution in [-0.4, -0.2) is 10.7 Å². The molecule has 0 fully saturated rings. The Bertz CT molecular complexity index is 731. The van der Waals surface area contributed by atoms with Crippen LogP contribution in [0, 0.1) is 10.1 Å². The summed E-state index contributed by atoms with van der Waals surface area (Å²) in [5.74, 6) is -0.0706. The monoisotopic (exact) mass is 325 g/mol. The molecule has 0 aliphatic rings. The minimum Gasteiger partial charge on any atom is -0.449 e. The van der Waals surface area contributed by atoms with Crippen molar-refractivity contribution < 1.29 is 14.5 Å². The molecule has 0 unspecified atom stereocenters. The number of benzene rings is 2. The van der Waals surface area contributed by atoms with Gasteiger partial charge in [-0.2, -0.15) is 0 Å². The summed E-state index contributed by atoms with van der Waals surface area (Å²) in [6, 6.07) is 8.40. The van der Waals surface area contributed by atoms with Crippen LogP contribution in [-0.2, 0) is 0 Å². The number of carbonyl (C=O) groups excluding carboxylic acids is 1. The highest BCUT2D eigenvalue weighted by atomic mass is 35.5. The fourth-order valence-corrected chi connectivity index (χ4v) is 2.09. The second-order valence-electron chi connectivity index (χ2n) is 4.17. The Labute approximate surface area is 130 Å². The first-order chi connectivity index (χ1) is 9.88. The maximum Gasteiger partial charge on any atom is 0.311 e. The first-order valence-electron chi connectivity index (χ1n) is 5.81. The van der Waals surface area contributed by atoms with E-state index >= 15 is 0 Å². The zero-order chi connectivity index (χ0) is 15.6. The van der Waals surface area contributed by atoms with Crippen LogP contribution < -0.4 is 4.74 Å². The number of carbonyl (C=O) groups is 1. The molecule has 0 saturated carbocycles. The van der Waals surface area contributed by atoms with Gasteiger partial charge in [0.15, 0.2) is 5.78 Å². The van der Waals surface area contributed by atoms with Crippen LogP contribution >= 0.6 is 23.2 Å². The number of ether oxygens (including phenoxy) is 1. The second-order valence-corrected chi connectivity index (χ2v) is 5.02. The van der Waals surface area contributed by atoms with Gasteiger partial charge in [0.2, 0.25) is 5.75 Å². The van der Waals surface area contributed by atoms with E-state index < -0.39 is 4.92 Å². The Balaban J connectivity index is 2.48. The molecule has 0 aromatic heterocycles. The molecular formula is C14H9Cl2NO4. The van der Waals surface area contributed by atoms with Crippen LogP contribution in [0.4, 0.5) is 5.69 Å². The van der Waals surface area contributed by atoms with Crippen LogP contribution in [0.5, 0.6) is 11.5 Å². The Morgan fingerprint density at radius 2 is 1.86 bits per heavy atom. The summed E-state index contributed by atoms with van der Waals surface area (Å²) in [5, 5.41) is 11.6. The fraction of sp³-hybridized carbons (Fsp3) is 0.0714. The molecule has 0 aliphatic carbocycles. The zero-order valence-corrected chi connectivity index (χ0v) is 12.3. The Morgan fingerprint density at radius 1 is 1.14 bits per heavy atom. The zero-order valence-electron chi connectivity index (χ0n) is 10.8. The average molecular weight is 326 g/mol. The quantitative estimate of drug-likeness (QED) is 0.455. The van der Waals surface area contributed by atoms with Crippen molar-refractivity contribution in [2.24, 2.45) is 0 Å². The maximum atomic E-state index is 11.4. The lowest BCUT2D eigenvalue weighted by Crippen LogP contribution is -1.98. The van der Waals surface area contributed by atoms with Crippen molar-refractivity contribution in [2.75, 3.05) is 0 Å². The van der Waals surface area contributed by atoms with Gasteiger partial charge in [0.1, 0.15) is 5.75 Å². The minimum absolute atomic E-state index is 0.0584. The molecule has 0 radical (unpaired) electrons. The smallest absolute Gasteiger partial charge is 0.311 e. The number of ketones is 1. The molecule has 2 aromatic rings. The summed E-state index contributed by atoms with van der Waals surface area (Å²) in [7, 11) is 0. The lowest BCUT2D eigenvalue weighted by molar-refractivity contribution is -0.385. The molecule has 0 amide bonds. The molecule has 0 aliphatic heterocycles. The van der Waals surface area contributed by atoms with E-state index in [9.17, 15) is 14.9 Å². The fourth-order valence-electron chi connectivity index (χ4n) is 1.64. The average Bonchev–Trinajstić information content (AvgIpc) is 2.41. The van der Waals surface area contributed by atoms with E-state index in [1.165, 1.54) is 37.3 Å². The van der Waals surface area contributed by atoms with Crippen molar-refractivity contribution in [3.8, 4) is 11.5 Å². The van der Waals surface area contributed by atoms with Gasteiger partial charge in [-0.3, -0.25) is 14.9 Å². The minimum atomic E-state index is -0.594. The summed E-state index contributed by atoms with van der Waals surface area (Å²) in [6.45, 7) is 1.36. The molecule has 0 heterocycles. The highest BCUT2D eigenvalue weighted by Gasteiger charge is 2.18. The number of Topliss-reactive ketones (excluding diaryl/α,β-unsaturated/α-hetero) is 1. The van der Waals surface area contributed by atoms with Crippen LogP contribution in [0.1, 0.15) is 17.3 Å². The highest BCUT2D eigenvalue weighted by molar-refractivity contribution is 6.35. The number of nitrogens with zero attached hydrogens (tertiary/aromatic N) is 1. The third-order valence-electron chi connectivity index (χ3n) is 2.68. The van der Waals surface area contributed by atoms with Gasteiger partial charge in [-0.15, -0.1) is 0 Å². The van der Waals surface area contributed by atoms with Crippen molar-refractivity contribution in [1.29, 1.82) is 0 Å². The van der Waals surface area contributed by atoms with Crippen molar-refractivity contribution in [3.63, 3.8) is 0 Å². The maximum absolute atomic E-state index is 11.4. The van der Waals surface area contributed by atoms with E-state index in [-0.39, 0.29) is 28.0 Å². The van der Waals surface area contributed by atoms with E-state index in [1.54, 1.807) is 6.07 Å². The number of nitro benzene ring substituents is 1. The van der Waals surface area contributed by atoms with Gasteiger partial charge in [0.25, 0.3) is 0 Å². The molecule has 0 saturated heterocycles. The van der Waals surface area contributed by atoms with Crippen molar-refractivity contribution >= 4 is 34.7 Å². The van der Waals surface area contributed by atoms with Crippen LogP contribution in [0.25, 0.3) is 0 Å². The normalized spacial score (nSPS) is 10.2. The van der Waals surface area contributed by atoms with E-state index in [2.05, 4.69) is 0 Å². The summed E-state index contributed by atoms with van der Waals surface area (Å²) < 4.78 is 5.46. The number of rotatable bonds is 4. The molecule has 0 spiro atoms. The van der Waals surface area contributed by atoms with Gasteiger partial charge in [0, 0.05) is 16.7 Å². The van der Waals surface area contributed by atoms with E-state index in [4.69, 9.17) is 27.9 Å². The molecule has 0 atom stereocenters. The largest absolute Gasteiger partial charge is 0.449 e. The van der Waals surface area contributed by atoms with Gasteiger partial charge < -0.3 is 4.74 Å². The summed E-state index contributed by atoms with van der Waals surface area (Å²) in [4.78, 5) is 21.8. The summed E-state index contributed by atoms with van der Waals surface area (Å²) in [5.41, 5.74) is 0.0479.